The van der Waals surface area contributed by atoms with Gasteiger partial charge in [-0.15, -0.1) is 0 Å². The highest BCUT2D eigenvalue weighted by Crippen LogP contribution is 2.24. The van der Waals surface area contributed by atoms with Crippen LogP contribution in [-0.4, -0.2) is 43.6 Å². The Balaban J connectivity index is 1.59. The Kier molecular flexibility index (Phi) is 11.1. The Morgan fingerprint density at radius 2 is 1.75 bits per heavy atom. The first-order valence-corrected chi connectivity index (χ1v) is 13.9. The van der Waals surface area contributed by atoms with Crippen LogP contribution < -0.4 is 15.8 Å². The van der Waals surface area contributed by atoms with Gasteiger partial charge in [0.15, 0.2) is 5.96 Å². The zero-order valence-electron chi connectivity index (χ0n) is 23.0. The first kappa shape index (κ1) is 28.0. The van der Waals surface area contributed by atoms with E-state index in [1.807, 2.05) is 12.1 Å². The van der Waals surface area contributed by atoms with Gasteiger partial charge in [0.25, 0.3) is 0 Å². The van der Waals surface area contributed by atoms with Crippen molar-refractivity contribution >= 4 is 11.6 Å². The standard InChI is InChI=1S/C31H48N4O/c1-25(2)10-8-9-21-36-29-15-13-28(14-16-29)34-30(33-24-31(3,4)23-32)35-19-17-27(18-20-35)22-26-11-6-5-7-12-26/h5-7,11-16,25,27H,8-10,17-24,32H2,1-4H3,(H,33,34). The molecule has 1 aliphatic heterocycles. The molecule has 0 radical (unpaired) electrons. The van der Waals surface area contributed by atoms with Crippen molar-refractivity contribution in [3.05, 3.63) is 60.2 Å². The molecule has 5 heteroatoms. The van der Waals surface area contributed by atoms with Crippen molar-refractivity contribution < 1.29 is 4.74 Å². The number of nitrogens with one attached hydrogen (secondary N) is 1. The molecule has 0 aliphatic carbocycles. The summed E-state index contributed by atoms with van der Waals surface area (Å²) >= 11 is 0. The van der Waals surface area contributed by atoms with Crippen LogP contribution in [0.2, 0.25) is 0 Å². The van der Waals surface area contributed by atoms with Gasteiger partial charge in [0, 0.05) is 19.6 Å². The molecule has 0 aromatic heterocycles. The van der Waals surface area contributed by atoms with Gasteiger partial charge in [-0.3, -0.25) is 0 Å². The van der Waals surface area contributed by atoms with Crippen molar-refractivity contribution in [1.29, 1.82) is 0 Å². The minimum Gasteiger partial charge on any atom is -0.494 e. The van der Waals surface area contributed by atoms with Crippen LogP contribution in [0.4, 0.5) is 5.69 Å². The van der Waals surface area contributed by atoms with E-state index < -0.39 is 0 Å². The first-order chi connectivity index (χ1) is 17.3. The fourth-order valence-corrected chi connectivity index (χ4v) is 4.49. The molecule has 0 atom stereocenters. The number of piperidine rings is 1. The van der Waals surface area contributed by atoms with Crippen molar-refractivity contribution in [3.63, 3.8) is 0 Å². The molecule has 36 heavy (non-hydrogen) atoms. The van der Waals surface area contributed by atoms with Crippen LogP contribution in [0, 0.1) is 17.3 Å². The average Bonchev–Trinajstić information content (AvgIpc) is 2.88. The average molecular weight is 493 g/mol. The van der Waals surface area contributed by atoms with Gasteiger partial charge in [0.2, 0.25) is 0 Å². The smallest absolute Gasteiger partial charge is 0.199 e. The number of nitrogens with zero attached hydrogens (tertiary/aromatic N) is 2. The Morgan fingerprint density at radius 3 is 2.39 bits per heavy atom. The van der Waals surface area contributed by atoms with Gasteiger partial charge in [-0.2, -0.15) is 0 Å². The summed E-state index contributed by atoms with van der Waals surface area (Å²) < 4.78 is 5.94. The van der Waals surface area contributed by atoms with E-state index >= 15 is 0 Å². The Morgan fingerprint density at radius 1 is 1.06 bits per heavy atom. The molecule has 198 valence electrons. The van der Waals surface area contributed by atoms with E-state index in [4.69, 9.17) is 15.5 Å². The van der Waals surface area contributed by atoms with E-state index in [1.54, 1.807) is 0 Å². The van der Waals surface area contributed by atoms with Gasteiger partial charge in [-0.1, -0.05) is 64.4 Å². The minimum absolute atomic E-state index is 0.0136. The summed E-state index contributed by atoms with van der Waals surface area (Å²) in [6, 6.07) is 19.1. The van der Waals surface area contributed by atoms with E-state index in [0.29, 0.717) is 6.54 Å². The number of ether oxygens (including phenoxy) is 1. The Labute approximate surface area is 219 Å². The molecule has 1 fully saturated rings. The molecule has 2 aromatic rings. The van der Waals surface area contributed by atoms with Gasteiger partial charge >= 0.3 is 0 Å². The van der Waals surface area contributed by atoms with E-state index in [1.165, 1.54) is 31.2 Å². The van der Waals surface area contributed by atoms with Gasteiger partial charge in [0.05, 0.1) is 12.3 Å². The van der Waals surface area contributed by atoms with Crippen molar-refractivity contribution in [2.45, 2.75) is 66.2 Å². The third kappa shape index (κ3) is 9.85. The number of aliphatic imine (C=N–C) groups is 1. The maximum absolute atomic E-state index is 6.00. The molecule has 1 heterocycles. The maximum Gasteiger partial charge on any atom is 0.199 e. The third-order valence-corrected chi connectivity index (χ3v) is 7.08. The number of rotatable bonds is 12. The quantitative estimate of drug-likeness (QED) is 0.204. The lowest BCUT2D eigenvalue weighted by atomic mass is 9.90. The van der Waals surface area contributed by atoms with Crippen LogP contribution in [0.5, 0.6) is 5.75 Å². The molecule has 0 saturated carbocycles. The summed E-state index contributed by atoms with van der Waals surface area (Å²) in [5.74, 6) is 3.36. The molecule has 1 aliphatic rings. The third-order valence-electron chi connectivity index (χ3n) is 7.08. The lowest BCUT2D eigenvalue weighted by molar-refractivity contribution is 0.255. The number of nitrogens with two attached hydrogens (primary N) is 1. The zero-order valence-corrected chi connectivity index (χ0v) is 23.0. The van der Waals surface area contributed by atoms with Crippen LogP contribution in [0.25, 0.3) is 0 Å². The van der Waals surface area contributed by atoms with E-state index in [-0.39, 0.29) is 5.41 Å². The zero-order chi connectivity index (χ0) is 25.8. The fraction of sp³-hybridized carbons (Fsp3) is 0.581. The molecule has 0 spiro atoms. The largest absolute Gasteiger partial charge is 0.494 e. The topological polar surface area (TPSA) is 62.9 Å². The fourth-order valence-electron chi connectivity index (χ4n) is 4.49. The van der Waals surface area contributed by atoms with Crippen LogP contribution in [0.15, 0.2) is 59.6 Å². The number of guanidine groups is 1. The van der Waals surface area contributed by atoms with Gasteiger partial charge in [0.1, 0.15) is 5.75 Å². The molecule has 2 aromatic carbocycles. The van der Waals surface area contributed by atoms with Crippen LogP contribution in [0.1, 0.15) is 65.4 Å². The lowest BCUT2D eigenvalue weighted by Crippen LogP contribution is -2.49. The Bertz CT molecular complexity index is 900. The second kappa shape index (κ2) is 14.3. The second-order valence-corrected chi connectivity index (χ2v) is 11.5. The summed E-state index contributed by atoms with van der Waals surface area (Å²) in [7, 11) is 0. The SMILES string of the molecule is CC(C)CCCCOc1ccc(/N=C(\NCC(C)(C)CN)N2CCC(Cc3ccccc3)CC2)cc1. The van der Waals surface area contributed by atoms with Gasteiger partial charge < -0.3 is 20.7 Å². The molecule has 3 rings (SSSR count). The van der Waals surface area contributed by atoms with Crippen molar-refractivity contribution in [3.8, 4) is 5.75 Å². The monoisotopic (exact) mass is 492 g/mol. The summed E-state index contributed by atoms with van der Waals surface area (Å²) in [4.78, 5) is 7.44. The van der Waals surface area contributed by atoms with Crippen LogP contribution in [0.3, 0.4) is 0 Å². The first-order valence-electron chi connectivity index (χ1n) is 13.9. The highest BCUT2D eigenvalue weighted by molar-refractivity contribution is 5.83. The second-order valence-electron chi connectivity index (χ2n) is 11.5. The highest BCUT2D eigenvalue weighted by Gasteiger charge is 2.24. The number of hydrogen-bond donors (Lipinski definition) is 2. The summed E-state index contributed by atoms with van der Waals surface area (Å²) in [5.41, 5.74) is 8.40. The van der Waals surface area contributed by atoms with Crippen LogP contribution >= 0.6 is 0 Å². The van der Waals surface area contributed by atoms with Crippen molar-refractivity contribution in [2.24, 2.45) is 28.0 Å². The predicted molar refractivity (Wildman–Crippen MR) is 153 cm³/mol. The molecule has 1 saturated heterocycles. The van der Waals surface area contributed by atoms with Crippen molar-refractivity contribution in [1.82, 2.24) is 10.2 Å². The minimum atomic E-state index is 0.0136. The number of benzene rings is 2. The number of hydrogen-bond acceptors (Lipinski definition) is 3. The molecular weight excluding hydrogens is 444 g/mol. The predicted octanol–water partition coefficient (Wildman–Crippen LogP) is 6.41. The van der Waals surface area contributed by atoms with E-state index in [2.05, 4.69) is 80.4 Å². The summed E-state index contributed by atoms with van der Waals surface area (Å²) in [6.07, 6.45) is 7.10. The van der Waals surface area contributed by atoms with Crippen molar-refractivity contribution in [2.75, 3.05) is 32.8 Å². The van der Waals surface area contributed by atoms with Gasteiger partial charge in [-0.05, 0) is 85.7 Å². The summed E-state index contributed by atoms with van der Waals surface area (Å²) in [6.45, 7) is 13.2. The molecular formula is C31H48N4O. The molecule has 5 nitrogen and oxygen atoms in total. The number of likely N-dealkylation sites (tertiary alicyclic amines) is 1. The van der Waals surface area contributed by atoms with Crippen LogP contribution in [-0.2, 0) is 6.42 Å². The highest BCUT2D eigenvalue weighted by atomic mass is 16.5. The number of unbranched alkanes of at least 4 members (excludes halogenated alkanes) is 1. The normalized spacial score (nSPS) is 15.4. The van der Waals surface area contributed by atoms with Gasteiger partial charge in [-0.25, -0.2) is 4.99 Å². The molecule has 0 bridgehead atoms. The molecule has 3 N–H and O–H groups in total. The molecule has 0 amide bonds. The van der Waals surface area contributed by atoms with E-state index in [9.17, 15) is 0 Å². The van der Waals surface area contributed by atoms with E-state index in [0.717, 1.165) is 68.3 Å². The summed E-state index contributed by atoms with van der Waals surface area (Å²) in [5, 5.41) is 3.63. The lowest BCUT2D eigenvalue weighted by Gasteiger charge is -2.35. The Hall–Kier alpha value is -2.53. The maximum atomic E-state index is 6.00. The molecule has 0 unspecified atom stereocenters.